The summed E-state index contributed by atoms with van der Waals surface area (Å²) in [5, 5.41) is 23.3. The minimum Gasteiger partial charge on any atom is -0.333 e. The minimum absolute atomic E-state index is 0.00727. The Morgan fingerprint density at radius 2 is 1.81 bits per heavy atom. The van der Waals surface area contributed by atoms with E-state index in [1.165, 1.54) is 0 Å². The first-order valence-electron chi connectivity index (χ1n) is 9.85. The van der Waals surface area contributed by atoms with Gasteiger partial charge < -0.3 is 5.32 Å². The number of benzene rings is 2. The maximum Gasteiger partial charge on any atom is 0.320 e. The molecule has 8 nitrogen and oxygen atoms in total. The second-order valence-electron chi connectivity index (χ2n) is 8.22. The first-order chi connectivity index (χ1) is 15.2. The summed E-state index contributed by atoms with van der Waals surface area (Å²) in [4.78, 5) is 21.6. The summed E-state index contributed by atoms with van der Waals surface area (Å²) in [6.07, 6.45) is 1.66. The van der Waals surface area contributed by atoms with E-state index in [9.17, 15) is 10.1 Å². The van der Waals surface area contributed by atoms with Crippen LogP contribution < -0.4 is 10.6 Å². The van der Waals surface area contributed by atoms with Crippen LogP contribution in [0.25, 0.3) is 33.4 Å². The lowest BCUT2D eigenvalue weighted by Crippen LogP contribution is -2.43. The van der Waals surface area contributed by atoms with Gasteiger partial charge in [-0.25, -0.2) is 14.8 Å². The second kappa shape index (κ2) is 8.29. The van der Waals surface area contributed by atoms with Gasteiger partial charge >= 0.3 is 6.03 Å². The number of aromatic nitrogens is 4. The van der Waals surface area contributed by atoms with E-state index in [0.717, 1.165) is 10.9 Å². The van der Waals surface area contributed by atoms with Gasteiger partial charge in [-0.05, 0) is 32.9 Å². The molecular formula is C23H20ClN7O. The number of nitrogens with one attached hydrogen (secondary N) is 3. The van der Waals surface area contributed by atoms with Crippen molar-refractivity contribution in [3.8, 4) is 28.6 Å². The lowest BCUT2D eigenvalue weighted by Gasteiger charge is -2.21. The van der Waals surface area contributed by atoms with Gasteiger partial charge in [-0.15, -0.1) is 0 Å². The zero-order valence-corrected chi connectivity index (χ0v) is 18.4. The van der Waals surface area contributed by atoms with Crippen LogP contribution >= 0.6 is 11.6 Å². The number of carbonyl (C=O) groups is 1. The Morgan fingerprint density at radius 1 is 1.09 bits per heavy atom. The highest BCUT2D eigenvalue weighted by molar-refractivity contribution is 6.35. The number of nitrogens with zero attached hydrogens (tertiary/aromatic N) is 4. The number of anilines is 1. The average Bonchev–Trinajstić information content (AvgIpc) is 3.22. The minimum atomic E-state index is -0.474. The van der Waals surface area contributed by atoms with Crippen molar-refractivity contribution in [1.29, 1.82) is 5.26 Å². The van der Waals surface area contributed by atoms with Crippen molar-refractivity contribution in [2.24, 2.45) is 0 Å². The summed E-state index contributed by atoms with van der Waals surface area (Å²) in [5.74, 6) is 0.0762. The molecule has 32 heavy (non-hydrogen) atoms. The number of fused-ring (bicyclic) bond motifs is 1. The zero-order chi connectivity index (χ0) is 22.9. The molecule has 2 aromatic carbocycles. The largest absolute Gasteiger partial charge is 0.333 e. The number of amides is 2. The van der Waals surface area contributed by atoms with Crippen LogP contribution in [0.4, 0.5) is 10.6 Å². The van der Waals surface area contributed by atoms with Crippen LogP contribution in [-0.4, -0.2) is 31.7 Å². The summed E-state index contributed by atoms with van der Waals surface area (Å²) in [6, 6.07) is 14.6. The Kier molecular flexibility index (Phi) is 5.51. The van der Waals surface area contributed by atoms with Gasteiger partial charge in [0.2, 0.25) is 0 Å². The van der Waals surface area contributed by atoms with Crippen molar-refractivity contribution < 1.29 is 4.79 Å². The summed E-state index contributed by atoms with van der Waals surface area (Å²) >= 11 is 6.44. The standard InChI is InChI=1S/C23H20ClN7O/c1-23(2,3)30-22(32)29-21-17(11-25)27-20(19(28-21)13-7-5-4-6-8-13)14-9-15-12-26-31-18(15)16(24)10-14/h4-10,12H,1-3H3,(H,26,31)(H2,28,29,30,32). The first-order valence-corrected chi connectivity index (χ1v) is 10.2. The molecule has 2 heterocycles. The number of carbonyl (C=O) groups excluding carboxylic acids is 1. The predicted molar refractivity (Wildman–Crippen MR) is 124 cm³/mol. The molecule has 0 radical (unpaired) electrons. The lowest BCUT2D eigenvalue weighted by atomic mass is 10.0. The summed E-state index contributed by atoms with van der Waals surface area (Å²) in [7, 11) is 0. The molecule has 0 saturated carbocycles. The molecule has 0 aliphatic rings. The predicted octanol–water partition coefficient (Wildman–Crippen LogP) is 5.13. The molecular weight excluding hydrogens is 426 g/mol. The number of H-pyrrole nitrogens is 1. The van der Waals surface area contributed by atoms with Crippen molar-refractivity contribution in [2.75, 3.05) is 5.32 Å². The summed E-state index contributed by atoms with van der Waals surface area (Å²) in [6.45, 7) is 5.58. The molecule has 0 bridgehead atoms. The quantitative estimate of drug-likeness (QED) is 0.403. The molecule has 0 saturated heterocycles. The molecule has 3 N–H and O–H groups in total. The fourth-order valence-corrected chi connectivity index (χ4v) is 3.50. The number of halogens is 1. The smallest absolute Gasteiger partial charge is 0.320 e. The third-order valence-corrected chi connectivity index (χ3v) is 4.84. The molecule has 9 heteroatoms. The maximum absolute atomic E-state index is 12.4. The normalized spacial score (nSPS) is 11.2. The van der Waals surface area contributed by atoms with E-state index in [0.29, 0.717) is 27.5 Å². The van der Waals surface area contributed by atoms with E-state index in [1.54, 1.807) is 12.3 Å². The topological polar surface area (TPSA) is 119 Å². The molecule has 0 aliphatic heterocycles. The molecule has 4 aromatic rings. The highest BCUT2D eigenvalue weighted by Crippen LogP contribution is 2.35. The van der Waals surface area contributed by atoms with E-state index in [1.807, 2.05) is 63.2 Å². The maximum atomic E-state index is 12.4. The lowest BCUT2D eigenvalue weighted by molar-refractivity contribution is 0.243. The fraction of sp³-hybridized carbons (Fsp3) is 0.174. The van der Waals surface area contributed by atoms with Crippen molar-refractivity contribution in [1.82, 2.24) is 25.5 Å². The first kappa shape index (κ1) is 21.3. The Labute approximate surface area is 189 Å². The highest BCUT2D eigenvalue weighted by atomic mass is 35.5. The highest BCUT2D eigenvalue weighted by Gasteiger charge is 2.21. The Hall–Kier alpha value is -3.96. The van der Waals surface area contributed by atoms with Crippen molar-refractivity contribution in [2.45, 2.75) is 26.3 Å². The number of hydrogen-bond acceptors (Lipinski definition) is 5. The number of aromatic amines is 1. The SMILES string of the molecule is CC(C)(C)NC(=O)Nc1nc(-c2ccccc2)c(-c2cc(Cl)c3[nH]ncc3c2)nc1C#N. The number of urea groups is 1. The van der Waals surface area contributed by atoms with Gasteiger partial charge in [0.25, 0.3) is 0 Å². The van der Waals surface area contributed by atoms with E-state index < -0.39 is 11.6 Å². The van der Waals surface area contributed by atoms with Crippen LogP contribution in [0.3, 0.4) is 0 Å². The molecule has 0 unspecified atom stereocenters. The van der Waals surface area contributed by atoms with Gasteiger partial charge in [-0.2, -0.15) is 10.4 Å². The van der Waals surface area contributed by atoms with Crippen LogP contribution in [0.5, 0.6) is 0 Å². The van der Waals surface area contributed by atoms with Gasteiger partial charge in [0, 0.05) is 22.1 Å². The van der Waals surface area contributed by atoms with E-state index >= 15 is 0 Å². The second-order valence-corrected chi connectivity index (χ2v) is 8.62. The van der Waals surface area contributed by atoms with Gasteiger partial charge in [0.05, 0.1) is 28.1 Å². The van der Waals surface area contributed by atoms with Crippen LogP contribution in [0, 0.1) is 11.3 Å². The Bertz CT molecular complexity index is 1350. The molecule has 0 aliphatic carbocycles. The van der Waals surface area contributed by atoms with Gasteiger partial charge in [0.15, 0.2) is 11.5 Å². The Morgan fingerprint density at radius 3 is 2.50 bits per heavy atom. The molecule has 2 aromatic heterocycles. The Balaban J connectivity index is 1.89. The molecule has 0 atom stereocenters. The summed E-state index contributed by atoms with van der Waals surface area (Å²) in [5.41, 5.74) is 2.69. The number of nitriles is 1. The zero-order valence-electron chi connectivity index (χ0n) is 17.7. The summed E-state index contributed by atoms with van der Waals surface area (Å²) < 4.78 is 0. The van der Waals surface area contributed by atoms with E-state index in [2.05, 4.69) is 30.8 Å². The van der Waals surface area contributed by atoms with Gasteiger partial charge in [-0.1, -0.05) is 41.9 Å². The molecule has 160 valence electrons. The number of hydrogen-bond donors (Lipinski definition) is 3. The average molecular weight is 446 g/mol. The third-order valence-electron chi connectivity index (χ3n) is 4.54. The van der Waals surface area contributed by atoms with E-state index in [4.69, 9.17) is 11.6 Å². The number of rotatable bonds is 3. The van der Waals surface area contributed by atoms with Crippen LogP contribution in [0.15, 0.2) is 48.7 Å². The van der Waals surface area contributed by atoms with Crippen molar-refractivity contribution >= 4 is 34.4 Å². The van der Waals surface area contributed by atoms with E-state index in [-0.39, 0.29) is 11.5 Å². The molecule has 0 spiro atoms. The fourth-order valence-electron chi connectivity index (χ4n) is 3.23. The molecule has 4 rings (SSSR count). The molecule has 2 amide bonds. The van der Waals surface area contributed by atoms with Crippen molar-refractivity contribution in [3.05, 3.63) is 59.4 Å². The molecule has 0 fully saturated rings. The van der Waals surface area contributed by atoms with Gasteiger partial charge in [-0.3, -0.25) is 10.4 Å². The third kappa shape index (κ3) is 4.38. The van der Waals surface area contributed by atoms with Crippen molar-refractivity contribution in [3.63, 3.8) is 0 Å². The van der Waals surface area contributed by atoms with Crippen LogP contribution in [0.2, 0.25) is 5.02 Å². The van der Waals surface area contributed by atoms with Gasteiger partial charge in [0.1, 0.15) is 6.07 Å². The van der Waals surface area contributed by atoms with Crippen LogP contribution in [-0.2, 0) is 0 Å². The van der Waals surface area contributed by atoms with Crippen LogP contribution in [0.1, 0.15) is 26.5 Å². The monoisotopic (exact) mass is 445 g/mol.